The van der Waals surface area contributed by atoms with Gasteiger partial charge in [-0.05, 0) is 46.3 Å². The molecule has 3 aromatic rings. The molecular weight excluding hydrogens is 424 g/mol. The monoisotopic (exact) mass is 440 g/mol. The van der Waals surface area contributed by atoms with Crippen molar-refractivity contribution in [1.29, 1.82) is 0 Å². The molecule has 0 amide bonds. The Hall–Kier alpha value is -2.31. The summed E-state index contributed by atoms with van der Waals surface area (Å²) in [6, 6.07) is 20.6. The highest BCUT2D eigenvalue weighted by Gasteiger charge is 2.41. The second-order valence-electron chi connectivity index (χ2n) is 6.50. The van der Waals surface area contributed by atoms with Crippen LogP contribution < -0.4 is 9.47 Å². The number of hydrogen-bond acceptors (Lipinski definition) is 5. The van der Waals surface area contributed by atoms with Crippen molar-refractivity contribution in [3.05, 3.63) is 80.5 Å². The summed E-state index contributed by atoms with van der Waals surface area (Å²) in [5.41, 5.74) is 3.26. The summed E-state index contributed by atoms with van der Waals surface area (Å²) in [5, 5.41) is 7.07. The summed E-state index contributed by atoms with van der Waals surface area (Å²) < 4.78 is 13.1. The standard InChI is InChI=1S/C21H17BrN2O2S/c1-25-17-8-4-3-7-14(17)21-24-16(13-6-2-5-9-18(13)26-21)12-15(23-24)19-10-11-20(22)27-19/h2-11,16,21H,12H2,1H3/t16-,21+/m0/s1. The number of fused-ring (bicyclic) bond motifs is 3. The molecule has 27 heavy (non-hydrogen) atoms. The number of ether oxygens (including phenoxy) is 2. The molecule has 2 aromatic carbocycles. The van der Waals surface area contributed by atoms with Crippen LogP contribution in [0.5, 0.6) is 11.5 Å². The normalized spacial score (nSPS) is 20.5. The number of hydrazone groups is 1. The number of rotatable bonds is 3. The molecule has 5 rings (SSSR count). The summed E-state index contributed by atoms with van der Waals surface area (Å²) in [4.78, 5) is 1.19. The summed E-state index contributed by atoms with van der Waals surface area (Å²) in [6.45, 7) is 0. The summed E-state index contributed by atoms with van der Waals surface area (Å²) in [7, 11) is 1.69. The number of nitrogens with zero attached hydrogens (tertiary/aromatic N) is 2. The number of halogens is 1. The van der Waals surface area contributed by atoms with Crippen molar-refractivity contribution in [2.24, 2.45) is 5.10 Å². The van der Waals surface area contributed by atoms with E-state index in [1.807, 2.05) is 36.4 Å². The minimum atomic E-state index is -0.318. The predicted molar refractivity (Wildman–Crippen MR) is 111 cm³/mol. The lowest BCUT2D eigenvalue weighted by atomic mass is 9.97. The molecule has 3 heterocycles. The Balaban J connectivity index is 1.62. The van der Waals surface area contributed by atoms with Gasteiger partial charge in [0.25, 0.3) is 0 Å². The molecule has 2 atom stereocenters. The second-order valence-corrected chi connectivity index (χ2v) is 8.96. The van der Waals surface area contributed by atoms with Gasteiger partial charge in [-0.1, -0.05) is 30.3 Å². The molecular formula is C21H17BrN2O2S. The first-order chi connectivity index (χ1) is 13.2. The van der Waals surface area contributed by atoms with E-state index in [0.717, 1.165) is 33.0 Å². The lowest BCUT2D eigenvalue weighted by molar-refractivity contribution is -0.0203. The lowest BCUT2D eigenvalue weighted by Gasteiger charge is -2.38. The maximum Gasteiger partial charge on any atom is 0.217 e. The number of para-hydroxylation sites is 2. The average molecular weight is 441 g/mol. The molecule has 0 radical (unpaired) electrons. The van der Waals surface area contributed by atoms with E-state index < -0.39 is 0 Å². The highest BCUT2D eigenvalue weighted by molar-refractivity contribution is 9.11. The van der Waals surface area contributed by atoms with Crippen molar-refractivity contribution >= 4 is 33.0 Å². The number of hydrogen-bond donors (Lipinski definition) is 0. The number of thiophene rings is 1. The van der Waals surface area contributed by atoms with Gasteiger partial charge in [-0.3, -0.25) is 0 Å². The molecule has 1 aromatic heterocycles. The summed E-state index contributed by atoms with van der Waals surface area (Å²) >= 11 is 5.27. The summed E-state index contributed by atoms with van der Waals surface area (Å²) in [5.74, 6) is 1.72. The number of benzene rings is 2. The van der Waals surface area contributed by atoms with Crippen molar-refractivity contribution in [2.75, 3.05) is 7.11 Å². The van der Waals surface area contributed by atoms with Crippen LogP contribution in [0.2, 0.25) is 0 Å². The molecule has 6 heteroatoms. The van der Waals surface area contributed by atoms with E-state index in [2.05, 4.69) is 45.2 Å². The minimum Gasteiger partial charge on any atom is -0.496 e. The van der Waals surface area contributed by atoms with Crippen molar-refractivity contribution < 1.29 is 9.47 Å². The largest absolute Gasteiger partial charge is 0.496 e. The van der Waals surface area contributed by atoms with Crippen molar-refractivity contribution in [2.45, 2.75) is 18.7 Å². The molecule has 0 spiro atoms. The van der Waals surface area contributed by atoms with E-state index in [1.54, 1.807) is 18.4 Å². The van der Waals surface area contributed by atoms with Gasteiger partial charge in [-0.25, -0.2) is 5.01 Å². The molecule has 0 unspecified atom stereocenters. The zero-order valence-corrected chi connectivity index (χ0v) is 17.0. The Labute approximate surface area is 170 Å². The van der Waals surface area contributed by atoms with Crippen molar-refractivity contribution in [3.63, 3.8) is 0 Å². The van der Waals surface area contributed by atoms with Gasteiger partial charge in [0, 0.05) is 12.0 Å². The summed E-state index contributed by atoms with van der Waals surface area (Å²) in [6.07, 6.45) is 0.542. The molecule has 0 fully saturated rings. The fourth-order valence-electron chi connectivity index (χ4n) is 3.73. The smallest absolute Gasteiger partial charge is 0.217 e. The first-order valence-corrected chi connectivity index (χ1v) is 10.4. The van der Waals surface area contributed by atoms with Crippen LogP contribution in [0.3, 0.4) is 0 Å². The van der Waals surface area contributed by atoms with Gasteiger partial charge in [0.15, 0.2) is 0 Å². The Bertz CT molecular complexity index is 1030. The molecule has 0 N–H and O–H groups in total. The zero-order valence-electron chi connectivity index (χ0n) is 14.6. The zero-order chi connectivity index (χ0) is 18.4. The third-order valence-corrected chi connectivity index (χ3v) is 6.63. The maximum absolute atomic E-state index is 6.40. The van der Waals surface area contributed by atoms with Crippen LogP contribution in [0.1, 0.15) is 34.7 Å². The SMILES string of the molecule is COc1ccccc1[C@H]1Oc2ccccc2[C@@H]2CC(c3ccc(Br)s3)=NN12. The van der Waals surface area contributed by atoms with Gasteiger partial charge in [0.05, 0.1) is 33.1 Å². The lowest BCUT2D eigenvalue weighted by Crippen LogP contribution is -2.33. The van der Waals surface area contributed by atoms with Gasteiger partial charge in [-0.2, -0.15) is 5.10 Å². The van der Waals surface area contributed by atoms with E-state index in [0.29, 0.717) is 0 Å². The van der Waals surface area contributed by atoms with Crippen LogP contribution in [0.15, 0.2) is 69.6 Å². The Kier molecular flexibility index (Phi) is 4.17. The third kappa shape index (κ3) is 2.84. The van der Waals surface area contributed by atoms with Gasteiger partial charge in [0.2, 0.25) is 6.23 Å². The number of methoxy groups -OCH3 is 1. The van der Waals surface area contributed by atoms with E-state index in [-0.39, 0.29) is 12.3 Å². The first-order valence-electron chi connectivity index (χ1n) is 8.74. The van der Waals surface area contributed by atoms with Gasteiger partial charge >= 0.3 is 0 Å². The molecule has 0 aliphatic carbocycles. The van der Waals surface area contributed by atoms with Gasteiger partial charge in [-0.15, -0.1) is 11.3 Å². The minimum absolute atomic E-state index is 0.153. The highest BCUT2D eigenvalue weighted by atomic mass is 79.9. The van der Waals surface area contributed by atoms with Crippen LogP contribution in [0.4, 0.5) is 0 Å². The van der Waals surface area contributed by atoms with Gasteiger partial charge < -0.3 is 9.47 Å². The Morgan fingerprint density at radius 1 is 1.07 bits per heavy atom. The van der Waals surface area contributed by atoms with E-state index in [1.165, 1.54) is 10.4 Å². The molecule has 2 aliphatic rings. The van der Waals surface area contributed by atoms with Gasteiger partial charge in [0.1, 0.15) is 11.5 Å². The maximum atomic E-state index is 6.40. The highest BCUT2D eigenvalue weighted by Crippen LogP contribution is 2.49. The van der Waals surface area contributed by atoms with Crippen LogP contribution in [-0.2, 0) is 0 Å². The van der Waals surface area contributed by atoms with E-state index >= 15 is 0 Å². The molecule has 0 bridgehead atoms. The Morgan fingerprint density at radius 3 is 2.63 bits per heavy atom. The topological polar surface area (TPSA) is 34.1 Å². The Morgan fingerprint density at radius 2 is 1.85 bits per heavy atom. The van der Waals surface area contributed by atoms with Crippen LogP contribution in [0.25, 0.3) is 0 Å². The average Bonchev–Trinajstić information content (AvgIpc) is 3.34. The first kappa shape index (κ1) is 16.8. The quantitative estimate of drug-likeness (QED) is 0.518. The predicted octanol–water partition coefficient (Wildman–Crippen LogP) is 5.76. The fraction of sp³-hybridized carbons (Fsp3) is 0.190. The molecule has 2 aliphatic heterocycles. The molecule has 136 valence electrons. The van der Waals surface area contributed by atoms with E-state index in [9.17, 15) is 0 Å². The molecule has 4 nitrogen and oxygen atoms in total. The van der Waals surface area contributed by atoms with Crippen LogP contribution in [-0.4, -0.2) is 17.8 Å². The second kappa shape index (κ2) is 6.69. The molecule has 0 saturated carbocycles. The van der Waals surface area contributed by atoms with Crippen molar-refractivity contribution in [3.8, 4) is 11.5 Å². The van der Waals surface area contributed by atoms with E-state index in [4.69, 9.17) is 14.6 Å². The fourth-order valence-corrected chi connectivity index (χ4v) is 5.11. The van der Waals surface area contributed by atoms with Crippen LogP contribution in [0, 0.1) is 0 Å². The molecule has 0 saturated heterocycles. The van der Waals surface area contributed by atoms with Crippen molar-refractivity contribution in [1.82, 2.24) is 5.01 Å². The van der Waals surface area contributed by atoms with Crippen LogP contribution >= 0.6 is 27.3 Å². The third-order valence-electron chi connectivity index (χ3n) is 4.96.